The molecule has 0 spiro atoms. The maximum atomic E-state index is 5.94. The van der Waals surface area contributed by atoms with Crippen LogP contribution in [0.3, 0.4) is 0 Å². The lowest BCUT2D eigenvalue weighted by Gasteiger charge is -2.31. The molecule has 1 aliphatic rings. The van der Waals surface area contributed by atoms with Crippen LogP contribution in [0.15, 0.2) is 12.1 Å². The van der Waals surface area contributed by atoms with Crippen LogP contribution in [-0.2, 0) is 0 Å². The number of rotatable bonds is 1. The Morgan fingerprint density at radius 3 is 2.73 bits per heavy atom. The van der Waals surface area contributed by atoms with Gasteiger partial charge in [-0.25, -0.2) is 0 Å². The molecule has 1 aromatic rings. The van der Waals surface area contributed by atoms with E-state index in [0.717, 1.165) is 12.2 Å². The van der Waals surface area contributed by atoms with E-state index in [4.69, 9.17) is 4.74 Å². The third-order valence-electron chi connectivity index (χ3n) is 3.32. The summed E-state index contributed by atoms with van der Waals surface area (Å²) >= 11 is 0. The minimum absolute atomic E-state index is 0.301. The molecule has 2 rings (SSSR count). The van der Waals surface area contributed by atoms with Crippen LogP contribution in [0, 0.1) is 13.8 Å². The minimum Gasteiger partial charge on any atom is -0.490 e. The smallest absolute Gasteiger partial charge is 0.127 e. The lowest BCUT2D eigenvalue weighted by atomic mass is 9.93. The Bertz CT molecular complexity index is 373. The molecule has 1 heterocycles. The first kappa shape index (κ1) is 10.5. The van der Waals surface area contributed by atoms with Crippen LogP contribution in [0.2, 0.25) is 0 Å². The standard InChI is InChI=1S/C13H19NO/c1-8-5-6-11-12(14-4)7-9(2)15-13(11)10(8)3/h5-6,9,12,14H,7H2,1-4H3. The molecule has 0 amide bonds. The van der Waals surface area contributed by atoms with Gasteiger partial charge < -0.3 is 10.1 Å². The van der Waals surface area contributed by atoms with Crippen LogP contribution in [0.1, 0.15) is 36.1 Å². The minimum atomic E-state index is 0.301. The fraction of sp³-hybridized carbons (Fsp3) is 0.538. The molecule has 0 aliphatic carbocycles. The van der Waals surface area contributed by atoms with Gasteiger partial charge in [-0.1, -0.05) is 12.1 Å². The summed E-state index contributed by atoms with van der Waals surface area (Å²) in [6.07, 6.45) is 1.35. The van der Waals surface area contributed by atoms with Crippen molar-refractivity contribution in [2.45, 2.75) is 39.3 Å². The molecule has 0 aromatic heterocycles. The summed E-state index contributed by atoms with van der Waals surface area (Å²) in [4.78, 5) is 0. The molecule has 0 fully saturated rings. The van der Waals surface area contributed by atoms with Crippen LogP contribution < -0.4 is 10.1 Å². The second-order valence-electron chi connectivity index (χ2n) is 4.43. The molecule has 2 heteroatoms. The maximum Gasteiger partial charge on any atom is 0.127 e. The summed E-state index contributed by atoms with van der Waals surface area (Å²) in [6, 6.07) is 4.80. The Balaban J connectivity index is 2.51. The number of hydrogen-bond acceptors (Lipinski definition) is 2. The molecule has 1 aliphatic heterocycles. The Labute approximate surface area is 91.6 Å². The zero-order valence-corrected chi connectivity index (χ0v) is 9.92. The van der Waals surface area contributed by atoms with Gasteiger partial charge in [0.05, 0.1) is 6.10 Å². The highest BCUT2D eigenvalue weighted by Crippen LogP contribution is 2.37. The van der Waals surface area contributed by atoms with E-state index in [9.17, 15) is 0 Å². The molecular formula is C13H19NO. The lowest BCUT2D eigenvalue weighted by Crippen LogP contribution is -2.30. The summed E-state index contributed by atoms with van der Waals surface area (Å²) in [5, 5.41) is 3.36. The van der Waals surface area contributed by atoms with Gasteiger partial charge in [0.1, 0.15) is 5.75 Å². The van der Waals surface area contributed by atoms with E-state index >= 15 is 0 Å². The zero-order chi connectivity index (χ0) is 11.0. The molecular weight excluding hydrogens is 186 g/mol. The van der Waals surface area contributed by atoms with Crippen LogP contribution in [0.4, 0.5) is 0 Å². The van der Waals surface area contributed by atoms with E-state index < -0.39 is 0 Å². The van der Waals surface area contributed by atoms with Gasteiger partial charge in [0, 0.05) is 18.0 Å². The Morgan fingerprint density at radius 1 is 1.33 bits per heavy atom. The highest BCUT2D eigenvalue weighted by molar-refractivity contribution is 5.48. The van der Waals surface area contributed by atoms with Crippen LogP contribution >= 0.6 is 0 Å². The fourth-order valence-corrected chi connectivity index (χ4v) is 2.22. The molecule has 2 atom stereocenters. The molecule has 2 unspecified atom stereocenters. The summed E-state index contributed by atoms with van der Waals surface area (Å²) in [7, 11) is 2.02. The van der Waals surface area contributed by atoms with Crippen LogP contribution in [0.25, 0.3) is 0 Å². The number of hydrogen-bond donors (Lipinski definition) is 1. The van der Waals surface area contributed by atoms with Crippen molar-refractivity contribution < 1.29 is 4.74 Å². The third kappa shape index (κ3) is 1.74. The average Bonchev–Trinajstić information content (AvgIpc) is 2.23. The highest BCUT2D eigenvalue weighted by Gasteiger charge is 2.26. The van der Waals surface area contributed by atoms with Gasteiger partial charge in [-0.2, -0.15) is 0 Å². The Morgan fingerprint density at radius 2 is 2.07 bits per heavy atom. The van der Waals surface area contributed by atoms with E-state index in [0.29, 0.717) is 12.1 Å². The monoisotopic (exact) mass is 205 g/mol. The lowest BCUT2D eigenvalue weighted by molar-refractivity contribution is 0.167. The Kier molecular flexibility index (Phi) is 2.70. The van der Waals surface area contributed by atoms with Gasteiger partial charge in [-0.05, 0) is 38.9 Å². The van der Waals surface area contributed by atoms with Crippen molar-refractivity contribution in [3.8, 4) is 5.75 Å². The van der Waals surface area contributed by atoms with Gasteiger partial charge in [0.25, 0.3) is 0 Å². The first-order valence-electron chi connectivity index (χ1n) is 5.57. The predicted molar refractivity (Wildman–Crippen MR) is 62.4 cm³/mol. The molecule has 2 nitrogen and oxygen atoms in total. The van der Waals surface area contributed by atoms with Crippen molar-refractivity contribution in [1.82, 2.24) is 5.32 Å². The van der Waals surface area contributed by atoms with Crippen LogP contribution in [0.5, 0.6) is 5.75 Å². The van der Waals surface area contributed by atoms with Crippen molar-refractivity contribution in [3.05, 3.63) is 28.8 Å². The summed E-state index contributed by atoms with van der Waals surface area (Å²) in [6.45, 7) is 6.40. The molecule has 0 saturated carbocycles. The predicted octanol–water partition coefficient (Wildman–Crippen LogP) is 2.73. The second kappa shape index (κ2) is 3.86. The van der Waals surface area contributed by atoms with Crippen LogP contribution in [-0.4, -0.2) is 13.2 Å². The van der Waals surface area contributed by atoms with Gasteiger partial charge in [-0.15, -0.1) is 0 Å². The van der Waals surface area contributed by atoms with E-state index in [1.807, 2.05) is 7.05 Å². The summed E-state index contributed by atoms with van der Waals surface area (Å²) in [5.74, 6) is 1.09. The van der Waals surface area contributed by atoms with Crippen molar-refractivity contribution in [1.29, 1.82) is 0 Å². The van der Waals surface area contributed by atoms with Gasteiger partial charge in [0.15, 0.2) is 0 Å². The van der Waals surface area contributed by atoms with E-state index in [1.54, 1.807) is 0 Å². The quantitative estimate of drug-likeness (QED) is 0.761. The maximum absolute atomic E-state index is 5.94. The van der Waals surface area contributed by atoms with Gasteiger partial charge >= 0.3 is 0 Å². The molecule has 0 bridgehead atoms. The van der Waals surface area contributed by atoms with Crippen molar-refractivity contribution in [2.75, 3.05) is 7.05 Å². The summed E-state index contributed by atoms with van der Waals surface area (Å²) < 4.78 is 5.94. The number of ether oxygens (including phenoxy) is 1. The topological polar surface area (TPSA) is 21.3 Å². The largest absolute Gasteiger partial charge is 0.490 e. The second-order valence-corrected chi connectivity index (χ2v) is 4.43. The molecule has 0 saturated heterocycles. The average molecular weight is 205 g/mol. The molecule has 1 N–H and O–H groups in total. The fourth-order valence-electron chi connectivity index (χ4n) is 2.22. The summed E-state index contributed by atoms with van der Waals surface area (Å²) in [5.41, 5.74) is 3.88. The molecule has 0 radical (unpaired) electrons. The Hall–Kier alpha value is -1.02. The van der Waals surface area contributed by atoms with Crippen molar-refractivity contribution in [2.24, 2.45) is 0 Å². The van der Waals surface area contributed by atoms with E-state index in [1.165, 1.54) is 16.7 Å². The number of fused-ring (bicyclic) bond motifs is 1. The molecule has 82 valence electrons. The first-order valence-corrected chi connectivity index (χ1v) is 5.57. The van der Waals surface area contributed by atoms with Crippen molar-refractivity contribution in [3.63, 3.8) is 0 Å². The molecule has 1 aromatic carbocycles. The number of aryl methyl sites for hydroxylation is 1. The van der Waals surface area contributed by atoms with E-state index in [2.05, 4.69) is 38.2 Å². The van der Waals surface area contributed by atoms with Gasteiger partial charge in [0.2, 0.25) is 0 Å². The SMILES string of the molecule is CNC1CC(C)Oc2c1ccc(C)c2C. The normalized spacial score (nSPS) is 24.5. The van der Waals surface area contributed by atoms with E-state index in [-0.39, 0.29) is 0 Å². The first-order chi connectivity index (χ1) is 7.13. The van der Waals surface area contributed by atoms with Gasteiger partial charge in [-0.3, -0.25) is 0 Å². The van der Waals surface area contributed by atoms with Crippen molar-refractivity contribution >= 4 is 0 Å². The molecule has 15 heavy (non-hydrogen) atoms. The number of benzene rings is 1. The third-order valence-corrected chi connectivity index (χ3v) is 3.32. The zero-order valence-electron chi connectivity index (χ0n) is 9.92. The number of nitrogens with one attached hydrogen (secondary N) is 1. The highest BCUT2D eigenvalue weighted by atomic mass is 16.5.